The summed E-state index contributed by atoms with van der Waals surface area (Å²) in [4.78, 5) is 23.0. The molecule has 1 aromatic carbocycles. The van der Waals surface area contributed by atoms with Gasteiger partial charge in [-0.25, -0.2) is 4.79 Å². The molecule has 2 rings (SSSR count). The fourth-order valence-corrected chi connectivity index (χ4v) is 2.21. The average molecular weight is 293 g/mol. The topological polar surface area (TPSA) is 84.9 Å². The summed E-state index contributed by atoms with van der Waals surface area (Å²) in [6.45, 7) is 2.91. The Kier molecular flexibility index (Phi) is 5.30. The van der Waals surface area contributed by atoms with E-state index >= 15 is 0 Å². The molecule has 0 radical (unpaired) electrons. The van der Waals surface area contributed by atoms with Crippen molar-refractivity contribution in [3.8, 4) is 0 Å². The molecule has 2 N–H and O–H groups in total. The Morgan fingerprint density at radius 2 is 2.05 bits per heavy atom. The van der Waals surface area contributed by atoms with E-state index in [9.17, 15) is 9.59 Å². The number of carbonyl (C=O) groups excluding carboxylic acids is 1. The highest BCUT2D eigenvalue weighted by molar-refractivity contribution is 5.95. The number of benzene rings is 1. The number of para-hydroxylation sites is 1. The second-order valence-corrected chi connectivity index (χ2v) is 4.81. The Morgan fingerprint density at radius 3 is 2.71 bits per heavy atom. The molecule has 1 fully saturated rings. The predicted octanol–water partition coefficient (Wildman–Crippen LogP) is 1.79. The maximum Gasteiger partial charge on any atom is 0.332 e. The molecule has 1 amide bonds. The third-order valence-electron chi connectivity index (χ3n) is 3.32. The van der Waals surface area contributed by atoms with Gasteiger partial charge in [-0.05, 0) is 25.8 Å². The van der Waals surface area contributed by atoms with Crippen LogP contribution in [0.15, 0.2) is 24.3 Å². The molecule has 1 aliphatic heterocycles. The molecular weight excluding hydrogens is 274 g/mol. The Morgan fingerprint density at radius 1 is 1.33 bits per heavy atom. The third-order valence-corrected chi connectivity index (χ3v) is 3.32. The smallest absolute Gasteiger partial charge is 0.332 e. The highest BCUT2D eigenvalue weighted by Crippen LogP contribution is 2.23. The quantitative estimate of drug-likeness (QED) is 0.835. The van der Waals surface area contributed by atoms with Crippen LogP contribution in [0.25, 0.3) is 0 Å². The number of aliphatic carboxylic acids is 1. The van der Waals surface area contributed by atoms with E-state index in [1.165, 1.54) is 0 Å². The Labute approximate surface area is 123 Å². The number of ether oxygens (including phenoxy) is 2. The van der Waals surface area contributed by atoms with Crippen molar-refractivity contribution < 1.29 is 24.2 Å². The fraction of sp³-hybridized carbons (Fsp3) is 0.467. The van der Waals surface area contributed by atoms with Crippen molar-refractivity contribution in [2.24, 2.45) is 0 Å². The fourth-order valence-electron chi connectivity index (χ4n) is 2.21. The molecule has 0 saturated carbocycles. The number of hydrogen-bond acceptors (Lipinski definition) is 4. The number of amides is 1. The Balaban J connectivity index is 1.98. The largest absolute Gasteiger partial charge is 0.479 e. The van der Waals surface area contributed by atoms with Gasteiger partial charge >= 0.3 is 5.97 Å². The number of carbonyl (C=O) groups is 2. The minimum atomic E-state index is -1.03. The van der Waals surface area contributed by atoms with Crippen molar-refractivity contribution in [3.05, 3.63) is 29.8 Å². The summed E-state index contributed by atoms with van der Waals surface area (Å²) in [5, 5.41) is 11.7. The van der Waals surface area contributed by atoms with Gasteiger partial charge in [0.15, 0.2) is 6.10 Å². The number of carboxylic acids is 1. The maximum atomic E-state index is 12.1. The van der Waals surface area contributed by atoms with E-state index in [4.69, 9.17) is 14.6 Å². The number of carboxylic acid groups (broad SMARTS) is 1. The molecule has 21 heavy (non-hydrogen) atoms. The molecule has 2 unspecified atom stereocenters. The van der Waals surface area contributed by atoms with Crippen LogP contribution in [0.5, 0.6) is 0 Å². The average Bonchev–Trinajstić information content (AvgIpc) is 2.96. The van der Waals surface area contributed by atoms with Gasteiger partial charge in [0.2, 0.25) is 0 Å². The first-order chi connectivity index (χ1) is 10.1. The number of nitrogens with one attached hydrogen (secondary N) is 1. The Hall–Kier alpha value is -1.92. The number of hydrogen-bond donors (Lipinski definition) is 2. The lowest BCUT2D eigenvalue weighted by molar-refractivity contribution is -0.150. The molecule has 6 heteroatoms. The molecular formula is C15H19NO5. The first-order valence-corrected chi connectivity index (χ1v) is 6.96. The molecule has 6 nitrogen and oxygen atoms in total. The third kappa shape index (κ3) is 4.03. The van der Waals surface area contributed by atoms with Crippen molar-refractivity contribution in [1.82, 2.24) is 0 Å². The van der Waals surface area contributed by atoms with Crippen molar-refractivity contribution in [2.75, 3.05) is 11.9 Å². The molecule has 1 heterocycles. The van der Waals surface area contributed by atoms with Crippen molar-refractivity contribution in [2.45, 2.75) is 38.6 Å². The van der Waals surface area contributed by atoms with Crippen LogP contribution in [0.3, 0.4) is 0 Å². The first kappa shape index (κ1) is 15.5. The van der Waals surface area contributed by atoms with E-state index in [1.807, 2.05) is 25.1 Å². The van der Waals surface area contributed by atoms with Crippen LogP contribution in [0.4, 0.5) is 5.69 Å². The molecule has 0 aromatic heterocycles. The van der Waals surface area contributed by atoms with Crippen LogP contribution in [0, 0.1) is 0 Å². The number of anilines is 1. The summed E-state index contributed by atoms with van der Waals surface area (Å²) in [6, 6.07) is 7.36. The monoisotopic (exact) mass is 293 g/mol. The van der Waals surface area contributed by atoms with Crippen LogP contribution in [-0.4, -0.2) is 35.8 Å². The summed E-state index contributed by atoms with van der Waals surface area (Å²) in [5.41, 5.74) is 1.54. The minimum absolute atomic E-state index is 0.317. The lowest BCUT2D eigenvalue weighted by atomic mass is 10.1. The van der Waals surface area contributed by atoms with Gasteiger partial charge in [-0.15, -0.1) is 0 Å². The minimum Gasteiger partial charge on any atom is -0.479 e. The SMILES string of the molecule is CCOCc1ccccc1NC(=O)C1CCC(C(=O)O)O1. The maximum absolute atomic E-state index is 12.1. The van der Waals surface area contributed by atoms with E-state index in [-0.39, 0.29) is 5.91 Å². The first-order valence-electron chi connectivity index (χ1n) is 6.96. The molecule has 0 aliphatic carbocycles. The standard InChI is InChI=1S/C15H19NO5/c1-2-20-9-10-5-3-4-6-11(10)16-14(17)12-7-8-13(21-12)15(18)19/h3-6,12-13H,2,7-9H2,1H3,(H,16,17)(H,18,19). The molecule has 1 aromatic rings. The second-order valence-electron chi connectivity index (χ2n) is 4.81. The Bertz CT molecular complexity index is 517. The van der Waals surface area contributed by atoms with Crippen LogP contribution in [-0.2, 0) is 25.7 Å². The van der Waals surface area contributed by atoms with Crippen LogP contribution < -0.4 is 5.32 Å². The lowest BCUT2D eigenvalue weighted by Gasteiger charge is -2.14. The highest BCUT2D eigenvalue weighted by atomic mass is 16.5. The summed E-state index contributed by atoms with van der Waals surface area (Å²) in [5.74, 6) is -1.34. The number of rotatable bonds is 6. The van der Waals surface area contributed by atoms with Gasteiger partial charge in [-0.2, -0.15) is 0 Å². The van der Waals surface area contributed by atoms with Gasteiger partial charge in [-0.1, -0.05) is 18.2 Å². The van der Waals surface area contributed by atoms with Crippen LogP contribution in [0.1, 0.15) is 25.3 Å². The van der Waals surface area contributed by atoms with Gasteiger partial charge in [0, 0.05) is 17.9 Å². The van der Waals surface area contributed by atoms with E-state index in [0.717, 1.165) is 5.56 Å². The van der Waals surface area contributed by atoms with E-state index < -0.39 is 18.2 Å². The zero-order valence-electron chi connectivity index (χ0n) is 11.9. The van der Waals surface area contributed by atoms with Crippen molar-refractivity contribution in [3.63, 3.8) is 0 Å². The van der Waals surface area contributed by atoms with Gasteiger partial charge in [0.1, 0.15) is 6.10 Å². The predicted molar refractivity (Wildman–Crippen MR) is 75.9 cm³/mol. The summed E-state index contributed by atoms with van der Waals surface area (Å²) >= 11 is 0. The van der Waals surface area contributed by atoms with E-state index in [1.54, 1.807) is 6.07 Å². The second kappa shape index (κ2) is 7.19. The van der Waals surface area contributed by atoms with E-state index in [2.05, 4.69) is 5.32 Å². The normalized spacial score (nSPS) is 21.2. The van der Waals surface area contributed by atoms with Gasteiger partial charge in [0.25, 0.3) is 5.91 Å². The summed E-state index contributed by atoms with van der Waals surface area (Å²) in [7, 11) is 0. The summed E-state index contributed by atoms with van der Waals surface area (Å²) in [6.07, 6.45) is -0.838. The van der Waals surface area contributed by atoms with Crippen molar-refractivity contribution in [1.29, 1.82) is 0 Å². The highest BCUT2D eigenvalue weighted by Gasteiger charge is 2.34. The summed E-state index contributed by atoms with van der Waals surface area (Å²) < 4.78 is 10.6. The molecule has 0 bridgehead atoms. The molecule has 1 saturated heterocycles. The lowest BCUT2D eigenvalue weighted by Crippen LogP contribution is -2.30. The zero-order chi connectivity index (χ0) is 15.2. The molecule has 114 valence electrons. The van der Waals surface area contributed by atoms with Crippen LogP contribution in [0.2, 0.25) is 0 Å². The zero-order valence-corrected chi connectivity index (χ0v) is 11.9. The van der Waals surface area contributed by atoms with Gasteiger partial charge < -0.3 is 19.9 Å². The van der Waals surface area contributed by atoms with Gasteiger partial charge in [0.05, 0.1) is 6.61 Å². The van der Waals surface area contributed by atoms with E-state index in [0.29, 0.717) is 31.7 Å². The molecule has 2 atom stereocenters. The van der Waals surface area contributed by atoms with Crippen LogP contribution >= 0.6 is 0 Å². The molecule has 0 spiro atoms. The van der Waals surface area contributed by atoms with Crippen molar-refractivity contribution >= 4 is 17.6 Å². The molecule has 1 aliphatic rings. The van der Waals surface area contributed by atoms with Gasteiger partial charge in [-0.3, -0.25) is 4.79 Å².